The number of aromatic amines is 1. The Bertz CT molecular complexity index is 2600. The second kappa shape index (κ2) is 23.2. The molecule has 2 aromatic carbocycles. The van der Waals surface area contributed by atoms with Crippen LogP contribution in [-0.4, -0.2) is 117 Å². The lowest BCUT2D eigenvalue weighted by atomic mass is 10.0. The molecule has 5 aromatic rings. The van der Waals surface area contributed by atoms with Gasteiger partial charge >= 0.3 is 5.97 Å². The molecular weight excluding hydrogens is 879 g/mol. The maximum absolute atomic E-state index is 14.8. The fourth-order valence-corrected chi connectivity index (χ4v) is 9.11. The summed E-state index contributed by atoms with van der Waals surface area (Å²) in [5, 5.41) is 24.8. The quantitative estimate of drug-likeness (QED) is 0.0249. The number of rotatable bonds is 23. The Kier molecular flexibility index (Phi) is 16.9. The summed E-state index contributed by atoms with van der Waals surface area (Å²) >= 11 is 1.42. The number of para-hydroxylation sites is 2. The third-order valence-corrected chi connectivity index (χ3v) is 12.5. The van der Waals surface area contributed by atoms with Crippen LogP contribution in [0, 0.1) is 0 Å². The van der Waals surface area contributed by atoms with Crippen molar-refractivity contribution in [3.05, 3.63) is 94.4 Å². The topological polar surface area (TPSA) is 324 Å². The molecule has 4 heterocycles. The van der Waals surface area contributed by atoms with Crippen molar-refractivity contribution in [2.24, 2.45) is 40.0 Å². The molecule has 3 aromatic heterocycles. The maximum Gasteiger partial charge on any atom is 0.326 e. The number of carbonyl (C=O) groups excluding carboxylic acids is 5. The van der Waals surface area contributed by atoms with Gasteiger partial charge < -0.3 is 63.8 Å². The molecule has 1 fully saturated rings. The standard InChI is InChI=1S/C46H59N13O7S/c1-58-26-28(31-12-3-5-16-37(31)58)23-36(57-40(61)35(54-39(60)24-29-10-9-21-67-29)22-27-25-53-32-13-4-2-11-30(27)32)41(62)55-33(14-6-18-51-45(47)48)43(64)59-20-8-17-38(59)42(63)56-34(44(65)66)15-7-19-52-46(49)50/h2-5,9-13,16,21,25-26,33-36,38,53H,6-8,14-15,17-20,22-24H2,1H3,(H,54,60)(H,55,62)(H,56,63)(H,57,61)(H,65,66)(H4,47,48,51)(H4,49,50,52)/t33-,34-,35-,36-,38-/m0/s1. The van der Waals surface area contributed by atoms with Gasteiger partial charge in [-0.15, -0.1) is 11.3 Å². The van der Waals surface area contributed by atoms with Gasteiger partial charge in [0, 0.05) is 78.6 Å². The van der Waals surface area contributed by atoms with Gasteiger partial charge in [-0.2, -0.15) is 0 Å². The van der Waals surface area contributed by atoms with Crippen LogP contribution in [0.1, 0.15) is 54.5 Å². The van der Waals surface area contributed by atoms with Crippen LogP contribution in [0.25, 0.3) is 21.8 Å². The van der Waals surface area contributed by atoms with Gasteiger partial charge in [0.15, 0.2) is 11.9 Å². The van der Waals surface area contributed by atoms with Gasteiger partial charge in [0.05, 0.1) is 6.42 Å². The van der Waals surface area contributed by atoms with Crippen molar-refractivity contribution < 1.29 is 33.9 Å². The number of nitrogens with two attached hydrogens (primary N) is 4. The number of carbonyl (C=O) groups is 6. The number of carboxylic acid groups (broad SMARTS) is 1. The fraction of sp³-hybridized carbons (Fsp3) is 0.391. The smallest absolute Gasteiger partial charge is 0.326 e. The molecule has 5 amide bonds. The van der Waals surface area contributed by atoms with Gasteiger partial charge in [-0.25, -0.2) is 4.79 Å². The summed E-state index contributed by atoms with van der Waals surface area (Å²) in [5.41, 5.74) is 25.2. The Morgan fingerprint density at radius 1 is 0.776 bits per heavy atom. The van der Waals surface area contributed by atoms with Gasteiger partial charge in [-0.05, 0) is 73.2 Å². The predicted molar refractivity (Wildman–Crippen MR) is 257 cm³/mol. The second-order valence-electron chi connectivity index (χ2n) is 16.5. The van der Waals surface area contributed by atoms with E-state index in [0.29, 0.717) is 6.42 Å². The average molecular weight is 938 g/mol. The van der Waals surface area contributed by atoms with Crippen LogP contribution in [0.4, 0.5) is 0 Å². The van der Waals surface area contributed by atoms with E-state index in [1.54, 1.807) is 6.20 Å². The van der Waals surface area contributed by atoms with Crippen LogP contribution < -0.4 is 44.2 Å². The summed E-state index contributed by atoms with van der Waals surface area (Å²) in [6.07, 6.45) is 5.11. The summed E-state index contributed by atoms with van der Waals surface area (Å²) in [6, 6.07) is 13.0. The largest absolute Gasteiger partial charge is 0.480 e. The summed E-state index contributed by atoms with van der Waals surface area (Å²) in [5.74, 6) is -4.49. The zero-order valence-corrected chi connectivity index (χ0v) is 38.1. The monoisotopic (exact) mass is 937 g/mol. The molecule has 21 heteroatoms. The third kappa shape index (κ3) is 13.3. The summed E-state index contributed by atoms with van der Waals surface area (Å²) in [7, 11) is 1.87. The summed E-state index contributed by atoms with van der Waals surface area (Å²) < 4.78 is 1.92. The van der Waals surface area contributed by atoms with Crippen molar-refractivity contribution in [3.8, 4) is 0 Å². The van der Waals surface area contributed by atoms with Crippen molar-refractivity contribution >= 4 is 80.6 Å². The van der Waals surface area contributed by atoms with Crippen LogP contribution in [-0.2, 0) is 55.1 Å². The second-order valence-corrected chi connectivity index (χ2v) is 17.6. The molecule has 5 atom stereocenters. The van der Waals surface area contributed by atoms with E-state index in [2.05, 4.69) is 36.2 Å². The summed E-state index contributed by atoms with van der Waals surface area (Å²) in [6.45, 7) is 0.452. The molecule has 0 unspecified atom stereocenters. The molecule has 20 nitrogen and oxygen atoms in total. The van der Waals surface area contributed by atoms with Crippen LogP contribution in [0.5, 0.6) is 0 Å². The number of hydrogen-bond acceptors (Lipinski definition) is 9. The predicted octanol–water partition coefficient (Wildman–Crippen LogP) is 0.871. The fourth-order valence-electron chi connectivity index (χ4n) is 8.40. The number of benzene rings is 2. The lowest BCUT2D eigenvalue weighted by Gasteiger charge is -2.30. The molecule has 1 saturated heterocycles. The molecule has 1 aliphatic heterocycles. The van der Waals surface area contributed by atoms with Crippen LogP contribution >= 0.6 is 11.3 Å². The highest BCUT2D eigenvalue weighted by molar-refractivity contribution is 7.10. The highest BCUT2D eigenvalue weighted by Crippen LogP contribution is 2.24. The first kappa shape index (κ1) is 49.0. The van der Waals surface area contributed by atoms with Gasteiger partial charge in [0.1, 0.15) is 30.2 Å². The molecule has 0 bridgehead atoms. The van der Waals surface area contributed by atoms with Gasteiger partial charge in [-0.1, -0.05) is 42.5 Å². The molecule has 0 aliphatic carbocycles. The number of hydrogen-bond donors (Lipinski definition) is 10. The first-order valence-corrected chi connectivity index (χ1v) is 23.0. The van der Waals surface area contributed by atoms with Crippen LogP contribution in [0.3, 0.4) is 0 Å². The van der Waals surface area contributed by atoms with Crippen molar-refractivity contribution in [2.45, 2.75) is 88.0 Å². The lowest BCUT2D eigenvalue weighted by molar-refractivity contribution is -0.145. The number of fused-ring (bicyclic) bond motifs is 2. The Balaban J connectivity index is 1.28. The zero-order valence-electron chi connectivity index (χ0n) is 37.3. The van der Waals surface area contributed by atoms with E-state index in [1.807, 2.05) is 83.9 Å². The molecule has 1 aliphatic rings. The SMILES string of the molecule is Cn1cc(C[C@H](NC(=O)[C@H](Cc2c[nH]c3ccccc23)NC(=O)Cc2cccs2)C(=O)N[C@@H](CCCN=C(N)N)C(=O)N2CCC[C@H]2C(=O)N[C@@H](CCCN=C(N)N)C(=O)O)c2ccccc21. The van der Waals surface area contributed by atoms with E-state index in [-0.39, 0.29) is 88.8 Å². The number of amides is 5. The number of aliphatic carboxylic acids is 1. The molecule has 6 rings (SSSR count). The first-order chi connectivity index (χ1) is 32.2. The first-order valence-electron chi connectivity index (χ1n) is 22.1. The molecule has 14 N–H and O–H groups in total. The molecule has 0 saturated carbocycles. The molecule has 67 heavy (non-hydrogen) atoms. The van der Waals surface area contributed by atoms with Crippen LogP contribution in [0.2, 0.25) is 0 Å². The average Bonchev–Trinajstić information content (AvgIpc) is 4.13. The number of aliphatic imine (C=N–C) groups is 2. The van der Waals surface area contributed by atoms with E-state index >= 15 is 0 Å². The number of nitrogens with one attached hydrogen (secondary N) is 5. The number of H-pyrrole nitrogens is 1. The Hall–Kier alpha value is -7.42. The van der Waals surface area contributed by atoms with Crippen LogP contribution in [0.15, 0.2) is 88.4 Å². The van der Waals surface area contributed by atoms with Crippen molar-refractivity contribution in [2.75, 3.05) is 19.6 Å². The summed E-state index contributed by atoms with van der Waals surface area (Å²) in [4.78, 5) is 96.7. The van der Waals surface area contributed by atoms with Crippen molar-refractivity contribution in [1.29, 1.82) is 0 Å². The number of carboxylic acids is 1. The number of aryl methyl sites for hydroxylation is 1. The number of nitrogens with zero attached hydrogens (tertiary/aromatic N) is 4. The maximum atomic E-state index is 14.8. The highest BCUT2D eigenvalue weighted by Gasteiger charge is 2.40. The van der Waals surface area contributed by atoms with Crippen molar-refractivity contribution in [3.63, 3.8) is 0 Å². The minimum absolute atomic E-state index is 0.00525. The van der Waals surface area contributed by atoms with Gasteiger partial charge in [-0.3, -0.25) is 34.0 Å². The third-order valence-electron chi connectivity index (χ3n) is 11.7. The van der Waals surface area contributed by atoms with Gasteiger partial charge in [0.25, 0.3) is 0 Å². The minimum atomic E-state index is -1.27. The van der Waals surface area contributed by atoms with E-state index in [1.165, 1.54) is 16.2 Å². The normalized spacial score (nSPS) is 15.2. The number of guanidine groups is 2. The molecular formula is C46H59N13O7S. The number of thiophene rings is 1. The molecule has 356 valence electrons. The lowest BCUT2D eigenvalue weighted by Crippen LogP contribution is -2.59. The number of likely N-dealkylation sites (tertiary alicyclic amines) is 1. The molecule has 0 spiro atoms. The molecule has 0 radical (unpaired) electrons. The van der Waals surface area contributed by atoms with E-state index in [4.69, 9.17) is 22.9 Å². The Labute approximate surface area is 391 Å². The van der Waals surface area contributed by atoms with Crippen molar-refractivity contribution in [1.82, 2.24) is 35.7 Å². The highest BCUT2D eigenvalue weighted by atomic mass is 32.1. The van der Waals surface area contributed by atoms with E-state index in [0.717, 1.165) is 37.8 Å². The minimum Gasteiger partial charge on any atom is -0.480 e. The Morgan fingerprint density at radius 3 is 2.07 bits per heavy atom. The zero-order chi connectivity index (χ0) is 48.0. The Morgan fingerprint density at radius 2 is 1.40 bits per heavy atom. The van der Waals surface area contributed by atoms with Gasteiger partial charge in [0.2, 0.25) is 29.5 Å². The number of aromatic nitrogens is 2. The van der Waals surface area contributed by atoms with E-state index in [9.17, 15) is 33.9 Å². The van der Waals surface area contributed by atoms with E-state index < -0.39 is 59.8 Å².